The molecule has 8 heteroatoms. The van der Waals surface area contributed by atoms with Crippen LogP contribution < -0.4 is 10.6 Å². The minimum atomic E-state index is -0.880. The fourth-order valence-electron chi connectivity index (χ4n) is 4.02. The molecule has 164 valence electrons. The lowest BCUT2D eigenvalue weighted by molar-refractivity contribution is -0.0180. The molecule has 2 aliphatic heterocycles. The van der Waals surface area contributed by atoms with Crippen LogP contribution in [0.4, 0.5) is 0 Å². The SMILES string of the molecule is CCNC(=NCC(C)(O)CN1CCOCC1)NCC(c1ccco1)N1CCCC1. The summed E-state index contributed by atoms with van der Waals surface area (Å²) in [6.45, 7) is 11.7. The molecule has 2 unspecified atom stereocenters. The van der Waals surface area contributed by atoms with Crippen LogP contribution in [0.5, 0.6) is 0 Å². The van der Waals surface area contributed by atoms with Crippen molar-refractivity contribution in [1.82, 2.24) is 20.4 Å². The number of aliphatic imine (C=N–C) groups is 1. The topological polar surface area (TPSA) is 85.5 Å². The molecule has 2 saturated heterocycles. The molecule has 0 aliphatic carbocycles. The van der Waals surface area contributed by atoms with Crippen molar-refractivity contribution in [3.05, 3.63) is 24.2 Å². The molecule has 0 aromatic carbocycles. The van der Waals surface area contributed by atoms with Crippen LogP contribution in [-0.4, -0.2) is 92.0 Å². The van der Waals surface area contributed by atoms with Gasteiger partial charge in [-0.3, -0.25) is 14.8 Å². The summed E-state index contributed by atoms with van der Waals surface area (Å²) in [5, 5.41) is 17.6. The molecule has 8 nitrogen and oxygen atoms in total. The third-order valence-electron chi connectivity index (χ3n) is 5.51. The predicted octanol–water partition coefficient (Wildman–Crippen LogP) is 1.05. The van der Waals surface area contributed by atoms with Gasteiger partial charge < -0.3 is 24.9 Å². The average Bonchev–Trinajstić information content (AvgIpc) is 3.41. The van der Waals surface area contributed by atoms with Gasteiger partial charge in [-0.05, 0) is 51.9 Å². The van der Waals surface area contributed by atoms with Crippen molar-refractivity contribution in [1.29, 1.82) is 0 Å². The monoisotopic (exact) mass is 407 g/mol. The van der Waals surface area contributed by atoms with Crippen molar-refractivity contribution in [2.24, 2.45) is 4.99 Å². The lowest BCUT2D eigenvalue weighted by atomic mass is 10.1. The summed E-state index contributed by atoms with van der Waals surface area (Å²) in [6.07, 6.45) is 4.20. The van der Waals surface area contributed by atoms with Crippen LogP contribution in [0.1, 0.15) is 38.5 Å². The van der Waals surface area contributed by atoms with Crippen molar-refractivity contribution in [3.63, 3.8) is 0 Å². The van der Waals surface area contributed by atoms with Crippen molar-refractivity contribution in [2.75, 3.05) is 65.6 Å². The van der Waals surface area contributed by atoms with Crippen LogP contribution in [0.3, 0.4) is 0 Å². The summed E-state index contributed by atoms with van der Waals surface area (Å²) in [5.41, 5.74) is -0.880. The molecular weight excluding hydrogens is 370 g/mol. The zero-order valence-electron chi connectivity index (χ0n) is 17.9. The predicted molar refractivity (Wildman–Crippen MR) is 114 cm³/mol. The first-order valence-corrected chi connectivity index (χ1v) is 10.9. The number of morpholine rings is 1. The fraction of sp³-hybridized carbons (Fsp3) is 0.762. The highest BCUT2D eigenvalue weighted by Gasteiger charge is 2.27. The second kappa shape index (κ2) is 11.0. The second-order valence-corrected chi connectivity index (χ2v) is 8.24. The van der Waals surface area contributed by atoms with Gasteiger partial charge in [0.2, 0.25) is 0 Å². The van der Waals surface area contributed by atoms with Crippen LogP contribution in [0.2, 0.25) is 0 Å². The molecular formula is C21H37N5O3. The van der Waals surface area contributed by atoms with E-state index in [4.69, 9.17) is 9.15 Å². The first-order chi connectivity index (χ1) is 14.1. The number of hydrogen-bond acceptors (Lipinski definition) is 6. The number of ether oxygens (including phenoxy) is 1. The normalized spacial score (nSPS) is 22.4. The van der Waals surface area contributed by atoms with Gasteiger partial charge in [-0.15, -0.1) is 0 Å². The maximum absolute atomic E-state index is 10.8. The molecule has 2 aliphatic rings. The van der Waals surface area contributed by atoms with Gasteiger partial charge >= 0.3 is 0 Å². The summed E-state index contributed by atoms with van der Waals surface area (Å²) in [7, 11) is 0. The van der Waals surface area contributed by atoms with Gasteiger partial charge in [0.1, 0.15) is 5.76 Å². The number of nitrogens with one attached hydrogen (secondary N) is 2. The Morgan fingerprint density at radius 1 is 1.24 bits per heavy atom. The van der Waals surface area contributed by atoms with Crippen LogP contribution in [0.15, 0.2) is 27.8 Å². The number of guanidine groups is 1. The van der Waals surface area contributed by atoms with Crippen LogP contribution in [0.25, 0.3) is 0 Å². The Bertz CT molecular complexity index is 608. The third-order valence-corrected chi connectivity index (χ3v) is 5.51. The van der Waals surface area contributed by atoms with E-state index in [2.05, 4.69) is 25.4 Å². The zero-order chi connectivity index (χ0) is 20.5. The summed E-state index contributed by atoms with van der Waals surface area (Å²) in [4.78, 5) is 9.37. The Hall–Kier alpha value is -1.61. The Balaban J connectivity index is 1.57. The molecule has 0 spiro atoms. The highest BCUT2D eigenvalue weighted by molar-refractivity contribution is 5.79. The smallest absolute Gasteiger partial charge is 0.191 e. The number of aliphatic hydroxyl groups is 1. The molecule has 0 bridgehead atoms. The van der Waals surface area contributed by atoms with Crippen LogP contribution in [0, 0.1) is 0 Å². The Morgan fingerprint density at radius 3 is 2.66 bits per heavy atom. The Morgan fingerprint density at radius 2 is 2.00 bits per heavy atom. The molecule has 0 radical (unpaired) electrons. The highest BCUT2D eigenvalue weighted by Crippen LogP contribution is 2.24. The van der Waals surface area contributed by atoms with E-state index in [1.165, 1.54) is 12.8 Å². The minimum absolute atomic E-state index is 0.185. The standard InChI is InChI=1S/C21H37N5O3/c1-3-22-20(24-16-21(2,27)17-25-10-13-28-14-11-25)23-15-18(19-7-6-12-29-19)26-8-4-5-9-26/h6-7,12,18,27H,3-5,8-11,13-17H2,1-2H3,(H2,22,23,24). The fourth-order valence-corrected chi connectivity index (χ4v) is 4.02. The third kappa shape index (κ3) is 6.99. The number of rotatable bonds is 9. The van der Waals surface area contributed by atoms with E-state index in [0.29, 0.717) is 19.6 Å². The molecule has 1 aromatic rings. The van der Waals surface area contributed by atoms with Crippen LogP contribution >= 0.6 is 0 Å². The molecule has 3 rings (SSSR count). The number of likely N-dealkylation sites (tertiary alicyclic amines) is 1. The van der Waals surface area contributed by atoms with E-state index in [1.54, 1.807) is 6.26 Å². The minimum Gasteiger partial charge on any atom is -0.468 e. The maximum atomic E-state index is 10.8. The average molecular weight is 408 g/mol. The number of furan rings is 1. The van der Waals surface area contributed by atoms with Crippen molar-refractivity contribution in [2.45, 2.75) is 38.3 Å². The van der Waals surface area contributed by atoms with Crippen molar-refractivity contribution in [3.8, 4) is 0 Å². The van der Waals surface area contributed by atoms with Crippen molar-refractivity contribution >= 4 is 5.96 Å². The number of nitrogens with zero attached hydrogens (tertiary/aromatic N) is 3. The van der Waals surface area contributed by atoms with E-state index in [-0.39, 0.29) is 6.04 Å². The Labute approximate surface area is 174 Å². The van der Waals surface area contributed by atoms with E-state index in [0.717, 1.165) is 57.7 Å². The van der Waals surface area contributed by atoms with Crippen molar-refractivity contribution < 1.29 is 14.3 Å². The summed E-state index contributed by atoms with van der Waals surface area (Å²) >= 11 is 0. The maximum Gasteiger partial charge on any atom is 0.191 e. The molecule has 0 amide bonds. The lowest BCUT2D eigenvalue weighted by Gasteiger charge is -2.33. The quantitative estimate of drug-likeness (QED) is 0.417. The molecule has 2 atom stereocenters. The van der Waals surface area contributed by atoms with E-state index in [9.17, 15) is 5.11 Å². The molecule has 29 heavy (non-hydrogen) atoms. The molecule has 3 heterocycles. The van der Waals surface area contributed by atoms with Gasteiger partial charge in [-0.25, -0.2) is 0 Å². The summed E-state index contributed by atoms with van der Waals surface area (Å²) < 4.78 is 11.1. The number of β-amino-alcohol motifs (C(OH)–C–C–N with tert-alkyl or cyclic N) is 1. The summed E-state index contributed by atoms with van der Waals surface area (Å²) in [6, 6.07) is 4.17. The largest absolute Gasteiger partial charge is 0.468 e. The zero-order valence-corrected chi connectivity index (χ0v) is 17.9. The van der Waals surface area contributed by atoms with Gasteiger partial charge in [0.25, 0.3) is 0 Å². The van der Waals surface area contributed by atoms with E-state index >= 15 is 0 Å². The van der Waals surface area contributed by atoms with Gasteiger partial charge in [-0.1, -0.05) is 0 Å². The molecule has 3 N–H and O–H groups in total. The van der Waals surface area contributed by atoms with Gasteiger partial charge in [0, 0.05) is 32.7 Å². The van der Waals surface area contributed by atoms with E-state index < -0.39 is 5.60 Å². The first kappa shape index (κ1) is 22.1. The van der Waals surface area contributed by atoms with Gasteiger partial charge in [0.15, 0.2) is 5.96 Å². The van der Waals surface area contributed by atoms with Crippen LogP contribution in [-0.2, 0) is 4.74 Å². The molecule has 1 aromatic heterocycles. The van der Waals surface area contributed by atoms with Gasteiger partial charge in [-0.2, -0.15) is 0 Å². The van der Waals surface area contributed by atoms with E-state index in [1.807, 2.05) is 26.0 Å². The Kier molecular flexibility index (Phi) is 8.35. The molecule has 2 fully saturated rings. The highest BCUT2D eigenvalue weighted by atomic mass is 16.5. The summed E-state index contributed by atoms with van der Waals surface area (Å²) in [5.74, 6) is 1.71. The number of hydrogen-bond donors (Lipinski definition) is 3. The second-order valence-electron chi connectivity index (χ2n) is 8.24. The molecule has 0 saturated carbocycles. The lowest BCUT2D eigenvalue weighted by Crippen LogP contribution is -2.48. The van der Waals surface area contributed by atoms with Gasteiger partial charge in [0.05, 0.1) is 37.7 Å². The first-order valence-electron chi connectivity index (χ1n) is 10.9.